The first-order valence-electron chi connectivity index (χ1n) is 6.52. The monoisotopic (exact) mass is 320 g/mol. The number of rotatable bonds is 4. The number of non-ortho nitro benzene ring substituents is 2. The molecule has 8 heteroatoms. The second-order valence-corrected chi connectivity index (χ2v) is 4.58. The number of nitro benzene ring substituents is 2. The molecule has 0 spiro atoms. The van der Waals surface area contributed by atoms with Crippen molar-refractivity contribution in [3.63, 3.8) is 0 Å². The maximum absolute atomic E-state index is 10.7. The Balaban J connectivity index is 2.61. The second-order valence-electron chi connectivity index (χ2n) is 4.58. The van der Waals surface area contributed by atoms with E-state index in [1.165, 1.54) is 48.5 Å². The fourth-order valence-electron chi connectivity index (χ4n) is 2.09. The van der Waals surface area contributed by atoms with Crippen LogP contribution in [0.25, 0.3) is 5.57 Å². The van der Waals surface area contributed by atoms with Crippen LogP contribution in [0.2, 0.25) is 0 Å². The van der Waals surface area contributed by atoms with E-state index in [4.69, 9.17) is 10.5 Å². The van der Waals surface area contributed by atoms with Gasteiger partial charge in [0.05, 0.1) is 9.85 Å². The molecule has 0 fully saturated rings. The lowest BCUT2D eigenvalue weighted by Crippen LogP contribution is -1.95. The number of hydrogen-bond acceptors (Lipinski definition) is 6. The van der Waals surface area contributed by atoms with Gasteiger partial charge in [-0.05, 0) is 35.4 Å². The standard InChI is InChI=1S/C16H8N4O4/c17-9-13(10-18)16(11-1-5-14(6-2-11)19(21)22)12-3-7-15(8-4-12)20(23)24/h1-8H. The van der Waals surface area contributed by atoms with Crippen molar-refractivity contribution in [2.75, 3.05) is 0 Å². The molecule has 0 amide bonds. The predicted octanol–water partition coefficient (Wildman–Crippen LogP) is 3.35. The van der Waals surface area contributed by atoms with E-state index in [9.17, 15) is 20.2 Å². The van der Waals surface area contributed by atoms with E-state index in [-0.39, 0.29) is 22.5 Å². The van der Waals surface area contributed by atoms with Crippen LogP contribution in [-0.2, 0) is 0 Å². The van der Waals surface area contributed by atoms with Crippen molar-refractivity contribution in [3.05, 3.63) is 85.5 Å². The summed E-state index contributed by atoms with van der Waals surface area (Å²) in [4.78, 5) is 20.3. The second kappa shape index (κ2) is 6.81. The average molecular weight is 320 g/mol. The van der Waals surface area contributed by atoms with Crippen LogP contribution in [0.5, 0.6) is 0 Å². The molecule has 24 heavy (non-hydrogen) atoms. The molecule has 0 aliphatic carbocycles. The normalized spacial score (nSPS) is 9.42. The van der Waals surface area contributed by atoms with Gasteiger partial charge in [-0.3, -0.25) is 20.2 Å². The molecule has 0 aromatic heterocycles. The fraction of sp³-hybridized carbons (Fsp3) is 0. The van der Waals surface area contributed by atoms with Gasteiger partial charge in [0.2, 0.25) is 0 Å². The lowest BCUT2D eigenvalue weighted by atomic mass is 9.93. The smallest absolute Gasteiger partial charge is 0.258 e. The number of hydrogen-bond donors (Lipinski definition) is 0. The summed E-state index contributed by atoms with van der Waals surface area (Å²) < 4.78 is 0. The Kier molecular flexibility index (Phi) is 4.64. The number of allylic oxidation sites excluding steroid dienone is 1. The van der Waals surface area contributed by atoms with Crippen molar-refractivity contribution in [1.29, 1.82) is 10.5 Å². The molecule has 8 nitrogen and oxygen atoms in total. The zero-order valence-corrected chi connectivity index (χ0v) is 12.0. The highest BCUT2D eigenvalue weighted by Crippen LogP contribution is 2.29. The first kappa shape index (κ1) is 16.3. The van der Waals surface area contributed by atoms with Gasteiger partial charge >= 0.3 is 0 Å². The third kappa shape index (κ3) is 3.24. The van der Waals surface area contributed by atoms with Gasteiger partial charge in [0.1, 0.15) is 17.7 Å². The molecule has 0 radical (unpaired) electrons. The summed E-state index contributed by atoms with van der Waals surface area (Å²) in [5, 5.41) is 39.8. The molecule has 2 aromatic rings. The molecule has 2 aromatic carbocycles. The van der Waals surface area contributed by atoms with Gasteiger partial charge in [0.15, 0.2) is 0 Å². The third-order valence-electron chi connectivity index (χ3n) is 3.21. The maximum atomic E-state index is 10.7. The van der Waals surface area contributed by atoms with Crippen LogP contribution in [-0.4, -0.2) is 9.85 Å². The molecule has 0 unspecified atom stereocenters. The first-order chi connectivity index (χ1) is 11.5. The fourth-order valence-corrected chi connectivity index (χ4v) is 2.09. The topological polar surface area (TPSA) is 134 Å². The van der Waals surface area contributed by atoms with E-state index < -0.39 is 9.85 Å². The Hall–Kier alpha value is -4.04. The predicted molar refractivity (Wildman–Crippen MR) is 83.4 cm³/mol. The van der Waals surface area contributed by atoms with E-state index >= 15 is 0 Å². The largest absolute Gasteiger partial charge is 0.269 e. The van der Waals surface area contributed by atoms with Gasteiger partial charge in [0, 0.05) is 29.8 Å². The SMILES string of the molecule is N#CC(C#N)=C(c1ccc([N+](=O)[O-])cc1)c1ccc([N+](=O)[O-])cc1. The minimum atomic E-state index is -0.561. The van der Waals surface area contributed by atoms with Crippen molar-refractivity contribution in [1.82, 2.24) is 0 Å². The Bertz CT molecular complexity index is 841. The van der Waals surface area contributed by atoms with Crippen LogP contribution in [0, 0.1) is 42.9 Å². The van der Waals surface area contributed by atoms with Crippen molar-refractivity contribution < 1.29 is 9.85 Å². The van der Waals surface area contributed by atoms with E-state index in [1.807, 2.05) is 0 Å². The van der Waals surface area contributed by atoms with Crippen molar-refractivity contribution in [2.45, 2.75) is 0 Å². The van der Waals surface area contributed by atoms with Crippen LogP contribution in [0.4, 0.5) is 11.4 Å². The lowest BCUT2D eigenvalue weighted by Gasteiger charge is -2.08. The summed E-state index contributed by atoms with van der Waals surface area (Å²) in [7, 11) is 0. The molecular weight excluding hydrogens is 312 g/mol. The van der Waals surface area contributed by atoms with Gasteiger partial charge in [0.25, 0.3) is 11.4 Å². The van der Waals surface area contributed by atoms with Gasteiger partial charge in [-0.15, -0.1) is 0 Å². The van der Waals surface area contributed by atoms with Crippen molar-refractivity contribution >= 4 is 16.9 Å². The van der Waals surface area contributed by atoms with Crippen LogP contribution >= 0.6 is 0 Å². The minimum absolute atomic E-state index is 0.128. The maximum Gasteiger partial charge on any atom is 0.269 e. The van der Waals surface area contributed by atoms with Gasteiger partial charge < -0.3 is 0 Å². The molecular formula is C16H8N4O4. The Morgan fingerprint density at radius 2 is 1.08 bits per heavy atom. The van der Waals surface area contributed by atoms with Crippen molar-refractivity contribution in [2.24, 2.45) is 0 Å². The molecule has 116 valence electrons. The first-order valence-corrected chi connectivity index (χ1v) is 6.52. The number of nitrogens with zero attached hydrogens (tertiary/aromatic N) is 4. The Labute approximate surface area is 135 Å². The van der Waals surface area contributed by atoms with Crippen LogP contribution in [0.1, 0.15) is 11.1 Å². The summed E-state index contributed by atoms with van der Waals surface area (Å²) in [6, 6.07) is 14.3. The number of benzene rings is 2. The molecule has 0 saturated carbocycles. The zero-order valence-electron chi connectivity index (χ0n) is 12.0. The highest BCUT2D eigenvalue weighted by Gasteiger charge is 2.15. The minimum Gasteiger partial charge on any atom is -0.258 e. The summed E-state index contributed by atoms with van der Waals surface area (Å²) in [6.07, 6.45) is 0. The molecule has 0 aliphatic heterocycles. The summed E-state index contributed by atoms with van der Waals surface area (Å²) in [6.45, 7) is 0. The lowest BCUT2D eigenvalue weighted by molar-refractivity contribution is -0.385. The average Bonchev–Trinajstić information content (AvgIpc) is 2.59. The quantitative estimate of drug-likeness (QED) is 0.481. The van der Waals surface area contributed by atoms with Gasteiger partial charge in [-0.2, -0.15) is 10.5 Å². The Morgan fingerprint density at radius 3 is 1.33 bits per heavy atom. The van der Waals surface area contributed by atoms with Crippen molar-refractivity contribution in [3.8, 4) is 12.1 Å². The molecule has 0 aliphatic rings. The van der Waals surface area contributed by atoms with E-state index in [0.29, 0.717) is 11.1 Å². The summed E-state index contributed by atoms with van der Waals surface area (Å²) >= 11 is 0. The highest BCUT2D eigenvalue weighted by molar-refractivity contribution is 5.87. The molecule has 0 bridgehead atoms. The molecule has 2 rings (SSSR count). The molecule has 0 heterocycles. The highest BCUT2D eigenvalue weighted by atomic mass is 16.6. The molecule has 0 saturated heterocycles. The van der Waals surface area contributed by atoms with Crippen LogP contribution < -0.4 is 0 Å². The van der Waals surface area contributed by atoms with E-state index in [0.717, 1.165) is 0 Å². The molecule has 0 N–H and O–H groups in total. The van der Waals surface area contributed by atoms with Crippen LogP contribution in [0.15, 0.2) is 54.1 Å². The zero-order chi connectivity index (χ0) is 17.7. The van der Waals surface area contributed by atoms with E-state index in [2.05, 4.69) is 0 Å². The number of nitro groups is 2. The van der Waals surface area contributed by atoms with Gasteiger partial charge in [-0.25, -0.2) is 0 Å². The van der Waals surface area contributed by atoms with Gasteiger partial charge in [-0.1, -0.05) is 0 Å². The summed E-state index contributed by atoms with van der Waals surface area (Å²) in [5.74, 6) is 0. The molecule has 0 atom stereocenters. The van der Waals surface area contributed by atoms with Crippen LogP contribution in [0.3, 0.4) is 0 Å². The summed E-state index contributed by atoms with van der Waals surface area (Å²) in [5.41, 5.74) is 0.650. The third-order valence-corrected chi connectivity index (χ3v) is 3.21. The van der Waals surface area contributed by atoms with E-state index in [1.54, 1.807) is 12.1 Å². The number of nitriles is 2. The Morgan fingerprint density at radius 1 is 0.750 bits per heavy atom.